The van der Waals surface area contributed by atoms with E-state index in [1.807, 2.05) is 41.2 Å². The lowest BCUT2D eigenvalue weighted by molar-refractivity contribution is 0.477. The van der Waals surface area contributed by atoms with Crippen LogP contribution in [0.5, 0.6) is 0 Å². The predicted octanol–water partition coefficient (Wildman–Crippen LogP) is 3.79. The molecule has 2 aromatic heterocycles. The zero-order valence-electron chi connectivity index (χ0n) is 17.3. The van der Waals surface area contributed by atoms with Crippen molar-refractivity contribution >= 4 is 15.8 Å². The Morgan fingerprint density at radius 3 is 2.43 bits per heavy atom. The van der Waals surface area contributed by atoms with Gasteiger partial charge in [0.2, 0.25) is 10.0 Å². The third-order valence-electron chi connectivity index (χ3n) is 5.29. The summed E-state index contributed by atoms with van der Waals surface area (Å²) in [5.41, 5.74) is 3.13. The van der Waals surface area contributed by atoms with Crippen molar-refractivity contribution in [3.8, 4) is 5.69 Å². The molecule has 0 radical (unpaired) electrons. The van der Waals surface area contributed by atoms with Crippen LogP contribution in [0.2, 0.25) is 0 Å². The largest absolute Gasteiger partial charge is 0.366 e. The normalized spacial score (nSPS) is 15.0. The molecule has 0 amide bonds. The summed E-state index contributed by atoms with van der Waals surface area (Å²) in [6.07, 6.45) is 5.30. The summed E-state index contributed by atoms with van der Waals surface area (Å²) in [5, 5.41) is 8.05. The molecule has 0 saturated carbocycles. The molecule has 4 rings (SSSR count). The number of pyridine rings is 1. The van der Waals surface area contributed by atoms with Crippen molar-refractivity contribution in [3.05, 3.63) is 66.1 Å². The number of nitrogens with one attached hydrogen (secondary N) is 1. The van der Waals surface area contributed by atoms with Gasteiger partial charge in [-0.25, -0.2) is 18.1 Å². The average Bonchev–Trinajstić information content (AvgIpc) is 3.44. The Balaban J connectivity index is 1.49. The van der Waals surface area contributed by atoms with E-state index in [4.69, 9.17) is 5.10 Å². The minimum Gasteiger partial charge on any atom is -0.366 e. The number of para-hydroxylation sites is 1. The van der Waals surface area contributed by atoms with Crippen LogP contribution in [0.1, 0.15) is 43.9 Å². The Bertz CT molecular complexity index is 1090. The minimum atomic E-state index is -3.44. The topological polar surface area (TPSA) is 80.1 Å². The molecule has 3 heterocycles. The molecule has 1 N–H and O–H groups in total. The highest BCUT2D eigenvalue weighted by atomic mass is 32.2. The van der Waals surface area contributed by atoms with Gasteiger partial charge in [0.25, 0.3) is 0 Å². The van der Waals surface area contributed by atoms with Gasteiger partial charge < -0.3 is 5.32 Å². The summed E-state index contributed by atoms with van der Waals surface area (Å²) in [6.45, 7) is 5.98. The van der Waals surface area contributed by atoms with Crippen LogP contribution in [-0.2, 0) is 16.6 Å². The molecule has 8 heteroatoms. The van der Waals surface area contributed by atoms with E-state index in [1.165, 1.54) is 10.5 Å². The standard InChI is InChI=1S/C22H27N5O2S/c1-17(2)22-18(16-27(25-22)19-8-4-3-5-9-19)14-23-21-11-10-20(15-24-21)30(28,29)26-12-6-7-13-26/h3-5,8-11,15-17H,6-7,12-14H2,1-2H3,(H,23,24). The van der Waals surface area contributed by atoms with Gasteiger partial charge in [0.05, 0.1) is 11.4 Å². The van der Waals surface area contributed by atoms with Crippen molar-refractivity contribution < 1.29 is 8.42 Å². The summed E-state index contributed by atoms with van der Waals surface area (Å²) < 4.78 is 28.7. The maximum Gasteiger partial charge on any atom is 0.244 e. The van der Waals surface area contributed by atoms with Crippen molar-refractivity contribution in [1.29, 1.82) is 0 Å². The highest BCUT2D eigenvalue weighted by Crippen LogP contribution is 2.23. The first-order valence-corrected chi connectivity index (χ1v) is 11.7. The highest BCUT2D eigenvalue weighted by Gasteiger charge is 2.27. The fraction of sp³-hybridized carbons (Fsp3) is 0.364. The smallest absolute Gasteiger partial charge is 0.244 e. The van der Waals surface area contributed by atoms with Crippen LogP contribution in [0.3, 0.4) is 0 Å². The van der Waals surface area contributed by atoms with Crippen LogP contribution in [0.4, 0.5) is 5.82 Å². The van der Waals surface area contributed by atoms with E-state index >= 15 is 0 Å². The van der Waals surface area contributed by atoms with Gasteiger partial charge in [-0.1, -0.05) is 32.0 Å². The summed E-state index contributed by atoms with van der Waals surface area (Å²) in [6, 6.07) is 13.4. The second-order valence-electron chi connectivity index (χ2n) is 7.82. The highest BCUT2D eigenvalue weighted by molar-refractivity contribution is 7.89. The molecule has 1 fully saturated rings. The maximum absolute atomic E-state index is 12.6. The third kappa shape index (κ3) is 4.24. The molecule has 1 aromatic carbocycles. The molecule has 1 aliphatic heterocycles. The lowest BCUT2D eigenvalue weighted by Gasteiger charge is -2.15. The quantitative estimate of drug-likeness (QED) is 0.623. The third-order valence-corrected chi connectivity index (χ3v) is 7.17. The predicted molar refractivity (Wildman–Crippen MR) is 117 cm³/mol. The summed E-state index contributed by atoms with van der Waals surface area (Å²) >= 11 is 0. The summed E-state index contributed by atoms with van der Waals surface area (Å²) in [4.78, 5) is 4.57. The minimum absolute atomic E-state index is 0.245. The van der Waals surface area contributed by atoms with Crippen LogP contribution in [0.15, 0.2) is 59.8 Å². The van der Waals surface area contributed by atoms with Gasteiger partial charge >= 0.3 is 0 Å². The monoisotopic (exact) mass is 425 g/mol. The molecular weight excluding hydrogens is 398 g/mol. The van der Waals surface area contributed by atoms with Gasteiger partial charge in [0.15, 0.2) is 0 Å². The Morgan fingerprint density at radius 1 is 1.07 bits per heavy atom. The number of hydrogen-bond donors (Lipinski definition) is 1. The van der Waals surface area contributed by atoms with Gasteiger partial charge in [-0.15, -0.1) is 0 Å². The Labute approximate surface area is 177 Å². The van der Waals surface area contributed by atoms with Crippen LogP contribution in [-0.4, -0.2) is 40.6 Å². The molecule has 1 aliphatic rings. The van der Waals surface area contributed by atoms with E-state index in [0.29, 0.717) is 25.5 Å². The number of hydrogen-bond acceptors (Lipinski definition) is 5. The van der Waals surface area contributed by atoms with Crippen molar-refractivity contribution in [2.24, 2.45) is 0 Å². The number of nitrogens with zero attached hydrogens (tertiary/aromatic N) is 4. The second kappa shape index (κ2) is 8.57. The lowest BCUT2D eigenvalue weighted by atomic mass is 10.1. The van der Waals surface area contributed by atoms with E-state index in [-0.39, 0.29) is 10.8 Å². The Kier molecular flexibility index (Phi) is 5.87. The van der Waals surface area contributed by atoms with Gasteiger partial charge in [0, 0.05) is 37.6 Å². The Hall–Kier alpha value is -2.71. The molecule has 1 saturated heterocycles. The second-order valence-corrected chi connectivity index (χ2v) is 9.76. The van der Waals surface area contributed by atoms with Crippen LogP contribution < -0.4 is 5.32 Å². The lowest BCUT2D eigenvalue weighted by Crippen LogP contribution is -2.27. The number of anilines is 1. The number of sulfonamides is 1. The zero-order valence-corrected chi connectivity index (χ0v) is 18.1. The van der Waals surface area contributed by atoms with Crippen molar-refractivity contribution in [1.82, 2.24) is 19.1 Å². The molecule has 3 aromatic rings. The summed E-state index contributed by atoms with van der Waals surface area (Å²) in [7, 11) is -3.44. The fourth-order valence-corrected chi connectivity index (χ4v) is 5.12. The molecule has 7 nitrogen and oxygen atoms in total. The SMILES string of the molecule is CC(C)c1nn(-c2ccccc2)cc1CNc1ccc(S(=O)(=O)N2CCCC2)cn1. The van der Waals surface area contributed by atoms with Crippen LogP contribution >= 0.6 is 0 Å². The van der Waals surface area contributed by atoms with E-state index in [9.17, 15) is 8.42 Å². The Morgan fingerprint density at radius 2 is 1.80 bits per heavy atom. The first-order chi connectivity index (χ1) is 14.4. The first kappa shape index (κ1) is 20.6. The zero-order chi connectivity index (χ0) is 21.1. The molecule has 0 atom stereocenters. The van der Waals surface area contributed by atoms with E-state index in [1.54, 1.807) is 12.1 Å². The first-order valence-electron chi connectivity index (χ1n) is 10.3. The van der Waals surface area contributed by atoms with Crippen LogP contribution in [0, 0.1) is 0 Å². The van der Waals surface area contributed by atoms with E-state index in [2.05, 4.69) is 24.1 Å². The average molecular weight is 426 g/mol. The molecule has 0 bridgehead atoms. The van der Waals surface area contributed by atoms with Gasteiger partial charge in [-0.3, -0.25) is 0 Å². The van der Waals surface area contributed by atoms with Gasteiger partial charge in [-0.05, 0) is 43.0 Å². The van der Waals surface area contributed by atoms with Gasteiger partial charge in [-0.2, -0.15) is 9.40 Å². The molecular formula is C22H27N5O2S. The van der Waals surface area contributed by atoms with Crippen molar-refractivity contribution in [2.45, 2.75) is 44.0 Å². The van der Waals surface area contributed by atoms with E-state index < -0.39 is 10.0 Å². The number of aromatic nitrogens is 3. The van der Waals surface area contributed by atoms with Gasteiger partial charge in [0.1, 0.15) is 10.7 Å². The van der Waals surface area contributed by atoms with Crippen molar-refractivity contribution in [3.63, 3.8) is 0 Å². The molecule has 30 heavy (non-hydrogen) atoms. The molecule has 0 aliphatic carbocycles. The van der Waals surface area contributed by atoms with E-state index in [0.717, 1.165) is 29.8 Å². The van der Waals surface area contributed by atoms with Crippen molar-refractivity contribution in [2.75, 3.05) is 18.4 Å². The van der Waals surface area contributed by atoms with Crippen LogP contribution in [0.25, 0.3) is 5.69 Å². The molecule has 0 spiro atoms. The maximum atomic E-state index is 12.6. The fourth-order valence-electron chi connectivity index (χ4n) is 3.66. The summed E-state index contributed by atoms with van der Waals surface area (Å²) in [5.74, 6) is 0.922. The number of rotatable bonds is 7. The molecule has 158 valence electrons. The number of benzene rings is 1. The molecule has 0 unspecified atom stereocenters.